The van der Waals surface area contributed by atoms with Crippen LogP contribution in [0.5, 0.6) is 11.5 Å². The smallest absolute Gasteiger partial charge is 0.255 e. The molecule has 1 fully saturated rings. The number of hydrogen-bond acceptors (Lipinski definition) is 6. The number of rotatable bonds is 8. The predicted molar refractivity (Wildman–Crippen MR) is 99.2 cm³/mol. The highest BCUT2D eigenvalue weighted by molar-refractivity contribution is 7.89. The number of hydrogen-bond donors (Lipinski definition) is 2. The summed E-state index contributed by atoms with van der Waals surface area (Å²) in [6.45, 7) is 0.485. The van der Waals surface area contributed by atoms with Crippen LogP contribution < -0.4 is 20.5 Å². The van der Waals surface area contributed by atoms with Gasteiger partial charge in [0, 0.05) is 31.6 Å². The van der Waals surface area contributed by atoms with Crippen molar-refractivity contribution in [3.8, 4) is 11.5 Å². The van der Waals surface area contributed by atoms with Crippen LogP contribution in [0.15, 0.2) is 18.2 Å². The zero-order valence-corrected chi connectivity index (χ0v) is 16.3. The maximum atomic E-state index is 12.4. The average Bonchev–Trinajstić information content (AvgIpc) is 2.67. The summed E-state index contributed by atoms with van der Waals surface area (Å²) in [4.78, 5) is 23.5. The molecule has 1 heterocycles. The van der Waals surface area contributed by atoms with Crippen LogP contribution in [-0.2, 0) is 14.8 Å². The molecule has 0 radical (unpaired) electrons. The van der Waals surface area contributed by atoms with Crippen molar-refractivity contribution in [3.05, 3.63) is 23.8 Å². The molecule has 0 bridgehead atoms. The van der Waals surface area contributed by atoms with Gasteiger partial charge in [0.2, 0.25) is 15.9 Å². The minimum Gasteiger partial charge on any atom is -0.497 e. The van der Waals surface area contributed by atoms with Crippen LogP contribution in [-0.4, -0.2) is 64.1 Å². The first-order valence-corrected chi connectivity index (χ1v) is 10.2. The Kier molecular flexibility index (Phi) is 7.03. The van der Waals surface area contributed by atoms with Crippen LogP contribution in [0, 0.1) is 5.92 Å². The molecule has 1 saturated heterocycles. The molecular weight excluding hydrogens is 374 g/mol. The molecule has 150 valence electrons. The molecule has 1 aromatic carbocycles. The Morgan fingerprint density at radius 2 is 1.89 bits per heavy atom. The number of benzene rings is 1. The third-order valence-electron chi connectivity index (χ3n) is 4.55. The van der Waals surface area contributed by atoms with Crippen molar-refractivity contribution in [2.24, 2.45) is 11.7 Å². The summed E-state index contributed by atoms with van der Waals surface area (Å²) in [6, 6.07) is 4.75. The van der Waals surface area contributed by atoms with Crippen molar-refractivity contribution in [2.75, 3.05) is 39.6 Å². The highest BCUT2D eigenvalue weighted by Crippen LogP contribution is 2.24. The lowest BCUT2D eigenvalue weighted by molar-refractivity contribution is -0.122. The average molecular weight is 399 g/mol. The molecule has 1 aromatic rings. The Balaban J connectivity index is 1.90. The van der Waals surface area contributed by atoms with Crippen molar-refractivity contribution in [2.45, 2.75) is 12.8 Å². The zero-order chi connectivity index (χ0) is 20.0. The van der Waals surface area contributed by atoms with Crippen LogP contribution in [0.25, 0.3) is 0 Å². The molecule has 0 aromatic heterocycles. The van der Waals surface area contributed by atoms with Gasteiger partial charge in [0.25, 0.3) is 5.91 Å². The van der Waals surface area contributed by atoms with Gasteiger partial charge in [-0.25, -0.2) is 12.7 Å². The summed E-state index contributed by atoms with van der Waals surface area (Å²) < 4.78 is 36.4. The lowest BCUT2D eigenvalue weighted by Crippen LogP contribution is -2.44. The number of ether oxygens (including phenoxy) is 2. The van der Waals surface area contributed by atoms with Gasteiger partial charge in [-0.15, -0.1) is 0 Å². The summed E-state index contributed by atoms with van der Waals surface area (Å²) in [6.07, 6.45) is 0.841. The van der Waals surface area contributed by atoms with Gasteiger partial charge in [0.05, 0.1) is 25.5 Å². The summed E-state index contributed by atoms with van der Waals surface area (Å²) in [7, 11) is -0.580. The second-order valence-electron chi connectivity index (χ2n) is 6.21. The Labute approximate surface area is 158 Å². The lowest BCUT2D eigenvalue weighted by atomic mass is 9.98. The first kappa shape index (κ1) is 21.0. The van der Waals surface area contributed by atoms with Crippen LogP contribution in [0.1, 0.15) is 23.2 Å². The van der Waals surface area contributed by atoms with Crippen molar-refractivity contribution < 1.29 is 27.5 Å². The number of nitrogens with zero attached hydrogens (tertiary/aromatic N) is 1. The number of primary amides is 1. The van der Waals surface area contributed by atoms with E-state index in [1.165, 1.54) is 18.5 Å². The SMILES string of the molecule is COc1ccc(C(=O)NCCS(=O)(=O)N2CCC(C(N)=O)CC2)c(OC)c1. The topological polar surface area (TPSA) is 128 Å². The normalized spacial score (nSPS) is 15.9. The molecular formula is C17H25N3O6S. The van der Waals surface area contributed by atoms with Gasteiger partial charge in [0.15, 0.2) is 0 Å². The largest absolute Gasteiger partial charge is 0.497 e. The fourth-order valence-corrected chi connectivity index (χ4v) is 4.31. The summed E-state index contributed by atoms with van der Waals surface area (Å²) in [5, 5.41) is 2.59. The van der Waals surface area contributed by atoms with Gasteiger partial charge in [0.1, 0.15) is 11.5 Å². The fourth-order valence-electron chi connectivity index (χ4n) is 2.92. The predicted octanol–water partition coefficient (Wildman–Crippen LogP) is -0.0393. The molecule has 2 amide bonds. The molecule has 1 aliphatic rings. The number of nitrogens with one attached hydrogen (secondary N) is 1. The number of methoxy groups -OCH3 is 2. The number of sulfonamides is 1. The van der Waals surface area contributed by atoms with E-state index in [2.05, 4.69) is 5.32 Å². The van der Waals surface area contributed by atoms with Gasteiger partial charge in [-0.05, 0) is 25.0 Å². The maximum absolute atomic E-state index is 12.4. The molecule has 0 atom stereocenters. The van der Waals surface area contributed by atoms with Gasteiger partial charge in [-0.1, -0.05) is 0 Å². The molecule has 3 N–H and O–H groups in total. The second-order valence-corrected chi connectivity index (χ2v) is 8.30. The Morgan fingerprint density at radius 1 is 1.22 bits per heavy atom. The monoisotopic (exact) mass is 399 g/mol. The van der Waals surface area contributed by atoms with E-state index in [0.717, 1.165) is 0 Å². The maximum Gasteiger partial charge on any atom is 0.255 e. The molecule has 27 heavy (non-hydrogen) atoms. The quantitative estimate of drug-likeness (QED) is 0.631. The van der Waals surface area contributed by atoms with E-state index in [1.807, 2.05) is 0 Å². The number of amides is 2. The van der Waals surface area contributed by atoms with Crippen molar-refractivity contribution in [1.82, 2.24) is 9.62 Å². The number of piperidine rings is 1. The minimum atomic E-state index is -3.52. The van der Waals surface area contributed by atoms with Gasteiger partial charge < -0.3 is 20.5 Å². The highest BCUT2D eigenvalue weighted by Gasteiger charge is 2.30. The van der Waals surface area contributed by atoms with Gasteiger partial charge in [-0.3, -0.25) is 9.59 Å². The van der Waals surface area contributed by atoms with E-state index in [-0.39, 0.29) is 36.9 Å². The van der Waals surface area contributed by atoms with E-state index >= 15 is 0 Å². The first-order chi connectivity index (χ1) is 12.8. The lowest BCUT2D eigenvalue weighted by Gasteiger charge is -2.29. The van der Waals surface area contributed by atoms with Gasteiger partial charge >= 0.3 is 0 Å². The van der Waals surface area contributed by atoms with Crippen LogP contribution in [0.3, 0.4) is 0 Å². The van der Waals surface area contributed by atoms with E-state index in [0.29, 0.717) is 24.3 Å². The third-order valence-corrected chi connectivity index (χ3v) is 6.42. The summed E-state index contributed by atoms with van der Waals surface area (Å²) >= 11 is 0. The molecule has 10 heteroatoms. The van der Waals surface area contributed by atoms with E-state index in [1.54, 1.807) is 18.2 Å². The first-order valence-electron chi connectivity index (χ1n) is 8.56. The van der Waals surface area contributed by atoms with E-state index < -0.39 is 21.8 Å². The zero-order valence-electron chi connectivity index (χ0n) is 15.4. The number of carbonyl (C=O) groups is 2. The minimum absolute atomic E-state index is 0.0356. The van der Waals surface area contributed by atoms with Crippen molar-refractivity contribution in [1.29, 1.82) is 0 Å². The van der Waals surface area contributed by atoms with Crippen molar-refractivity contribution >= 4 is 21.8 Å². The Bertz CT molecular complexity index is 788. The Morgan fingerprint density at radius 3 is 2.44 bits per heavy atom. The van der Waals surface area contributed by atoms with E-state index in [4.69, 9.17) is 15.2 Å². The van der Waals surface area contributed by atoms with Crippen LogP contribution >= 0.6 is 0 Å². The van der Waals surface area contributed by atoms with Crippen LogP contribution in [0.4, 0.5) is 0 Å². The summed E-state index contributed by atoms with van der Waals surface area (Å²) in [5.74, 6) is -0.449. The van der Waals surface area contributed by atoms with Gasteiger partial charge in [-0.2, -0.15) is 0 Å². The highest BCUT2D eigenvalue weighted by atomic mass is 32.2. The molecule has 0 saturated carbocycles. The van der Waals surface area contributed by atoms with E-state index in [9.17, 15) is 18.0 Å². The molecule has 1 aliphatic heterocycles. The number of carbonyl (C=O) groups excluding carboxylic acids is 2. The second kappa shape index (κ2) is 9.05. The molecule has 0 unspecified atom stereocenters. The standard InChI is InChI=1S/C17H25N3O6S/c1-25-13-3-4-14(15(11-13)26-2)17(22)19-7-10-27(23,24)20-8-5-12(6-9-20)16(18)21/h3-4,11-12H,5-10H2,1-2H3,(H2,18,21)(H,19,22). The van der Waals surface area contributed by atoms with Crippen molar-refractivity contribution in [3.63, 3.8) is 0 Å². The molecule has 0 spiro atoms. The number of nitrogens with two attached hydrogens (primary N) is 1. The molecule has 2 rings (SSSR count). The Hall–Kier alpha value is -2.33. The molecule has 0 aliphatic carbocycles. The molecule has 9 nitrogen and oxygen atoms in total. The third kappa shape index (κ3) is 5.33. The van der Waals surface area contributed by atoms with Crippen LogP contribution in [0.2, 0.25) is 0 Å². The fraction of sp³-hybridized carbons (Fsp3) is 0.529. The summed E-state index contributed by atoms with van der Waals surface area (Å²) in [5.41, 5.74) is 5.55.